The Kier molecular flexibility index (Phi) is 6.44. The van der Waals surface area contributed by atoms with E-state index in [9.17, 15) is 9.59 Å². The maximum atomic E-state index is 13.1. The molecule has 3 rings (SSSR count). The Morgan fingerprint density at radius 2 is 1.56 bits per heavy atom. The van der Waals surface area contributed by atoms with Gasteiger partial charge in [0, 0.05) is 26.2 Å². The summed E-state index contributed by atoms with van der Waals surface area (Å²) in [7, 11) is 1.36. The van der Waals surface area contributed by atoms with E-state index in [1.54, 1.807) is 12.1 Å². The number of rotatable bonds is 5. The summed E-state index contributed by atoms with van der Waals surface area (Å²) >= 11 is 0. The summed E-state index contributed by atoms with van der Waals surface area (Å²) in [6.07, 6.45) is 0. The number of ether oxygens (including phenoxy) is 2. The van der Waals surface area contributed by atoms with Crippen molar-refractivity contribution in [2.75, 3.05) is 33.4 Å². The third-order valence-corrected chi connectivity index (χ3v) is 4.52. The Morgan fingerprint density at radius 1 is 0.963 bits per heavy atom. The molecule has 0 bridgehead atoms. The molecule has 27 heavy (non-hydrogen) atoms. The zero-order valence-electron chi connectivity index (χ0n) is 15.5. The van der Waals surface area contributed by atoms with Gasteiger partial charge in [-0.1, -0.05) is 42.5 Å². The number of urea groups is 1. The Balaban J connectivity index is 1.76. The maximum Gasteiger partial charge on any atom is 0.337 e. The van der Waals surface area contributed by atoms with E-state index in [2.05, 4.69) is 0 Å². The van der Waals surface area contributed by atoms with E-state index in [0.717, 1.165) is 11.1 Å². The van der Waals surface area contributed by atoms with Crippen molar-refractivity contribution in [3.8, 4) is 0 Å². The maximum absolute atomic E-state index is 13.1. The van der Waals surface area contributed by atoms with Gasteiger partial charge in [-0.2, -0.15) is 0 Å². The first kappa shape index (κ1) is 18.9. The van der Waals surface area contributed by atoms with Gasteiger partial charge in [0.15, 0.2) is 0 Å². The second-order valence-corrected chi connectivity index (χ2v) is 6.41. The average Bonchev–Trinajstić information content (AvgIpc) is 2.74. The molecule has 1 aliphatic rings. The summed E-state index contributed by atoms with van der Waals surface area (Å²) in [5.74, 6) is -0.368. The Morgan fingerprint density at radius 3 is 2.15 bits per heavy atom. The molecule has 2 aromatic rings. The van der Waals surface area contributed by atoms with Crippen molar-refractivity contribution < 1.29 is 19.1 Å². The lowest BCUT2D eigenvalue weighted by molar-refractivity contribution is 0.0418. The minimum absolute atomic E-state index is 0.000743. The number of hydrogen-bond donors (Lipinski definition) is 0. The molecule has 1 fully saturated rings. The Hall–Kier alpha value is -2.86. The molecule has 0 N–H and O–H groups in total. The van der Waals surface area contributed by atoms with Gasteiger partial charge in [-0.25, -0.2) is 9.59 Å². The lowest BCUT2D eigenvalue weighted by Gasteiger charge is -2.33. The number of esters is 1. The predicted molar refractivity (Wildman–Crippen MR) is 101 cm³/mol. The number of carbonyl (C=O) groups excluding carboxylic acids is 2. The average molecular weight is 368 g/mol. The number of carbonyl (C=O) groups is 2. The summed E-state index contributed by atoms with van der Waals surface area (Å²) in [6.45, 7) is 3.33. The summed E-state index contributed by atoms with van der Waals surface area (Å²) < 4.78 is 10.1. The predicted octanol–water partition coefficient (Wildman–Crippen LogP) is 2.93. The van der Waals surface area contributed by atoms with Crippen molar-refractivity contribution in [3.63, 3.8) is 0 Å². The van der Waals surface area contributed by atoms with Crippen molar-refractivity contribution >= 4 is 12.0 Å². The van der Waals surface area contributed by atoms with Crippen molar-refractivity contribution in [2.24, 2.45) is 0 Å². The molecule has 0 aliphatic carbocycles. The fraction of sp³-hybridized carbons (Fsp3) is 0.333. The van der Waals surface area contributed by atoms with Crippen LogP contribution in [0, 0.1) is 0 Å². The van der Waals surface area contributed by atoms with E-state index in [1.807, 2.05) is 52.3 Å². The van der Waals surface area contributed by atoms with Gasteiger partial charge in [0.2, 0.25) is 0 Å². The largest absolute Gasteiger partial charge is 0.465 e. The van der Waals surface area contributed by atoms with Crippen LogP contribution in [0.3, 0.4) is 0 Å². The quantitative estimate of drug-likeness (QED) is 0.762. The number of nitrogens with zero attached hydrogens (tertiary/aromatic N) is 2. The Labute approximate surface area is 159 Å². The second-order valence-electron chi connectivity index (χ2n) is 6.41. The van der Waals surface area contributed by atoms with Crippen LogP contribution >= 0.6 is 0 Å². The molecule has 0 aromatic heterocycles. The topological polar surface area (TPSA) is 59.1 Å². The minimum Gasteiger partial charge on any atom is -0.465 e. The SMILES string of the molecule is COC(=O)c1ccc(CN(Cc2ccccc2)C(=O)N2CCOCC2)cc1. The highest BCUT2D eigenvalue weighted by atomic mass is 16.5. The molecule has 0 spiro atoms. The summed E-state index contributed by atoms with van der Waals surface area (Å²) in [5.41, 5.74) is 2.53. The summed E-state index contributed by atoms with van der Waals surface area (Å²) in [4.78, 5) is 28.3. The molecule has 1 aliphatic heterocycles. The number of amides is 2. The first-order valence-corrected chi connectivity index (χ1v) is 9.00. The molecule has 1 heterocycles. The lowest BCUT2D eigenvalue weighted by Crippen LogP contribution is -2.47. The molecule has 6 nitrogen and oxygen atoms in total. The molecular weight excluding hydrogens is 344 g/mol. The van der Waals surface area contributed by atoms with Crippen LogP contribution in [0.4, 0.5) is 4.79 Å². The van der Waals surface area contributed by atoms with Crippen LogP contribution < -0.4 is 0 Å². The first-order chi connectivity index (χ1) is 13.2. The van der Waals surface area contributed by atoms with E-state index < -0.39 is 0 Å². The number of hydrogen-bond acceptors (Lipinski definition) is 4. The van der Waals surface area contributed by atoms with Crippen molar-refractivity contribution in [3.05, 3.63) is 71.3 Å². The minimum atomic E-state index is -0.368. The van der Waals surface area contributed by atoms with Crippen molar-refractivity contribution in [2.45, 2.75) is 13.1 Å². The highest BCUT2D eigenvalue weighted by Crippen LogP contribution is 2.15. The third-order valence-electron chi connectivity index (χ3n) is 4.52. The molecule has 1 saturated heterocycles. The third kappa shape index (κ3) is 5.08. The number of benzene rings is 2. The van der Waals surface area contributed by atoms with Crippen LogP contribution in [-0.2, 0) is 22.6 Å². The smallest absolute Gasteiger partial charge is 0.337 e. The van der Waals surface area contributed by atoms with Gasteiger partial charge in [-0.15, -0.1) is 0 Å². The van der Waals surface area contributed by atoms with E-state index in [-0.39, 0.29) is 12.0 Å². The van der Waals surface area contributed by atoms with E-state index >= 15 is 0 Å². The van der Waals surface area contributed by atoms with Crippen LogP contribution in [0.1, 0.15) is 21.5 Å². The fourth-order valence-electron chi connectivity index (χ4n) is 3.03. The van der Waals surface area contributed by atoms with Crippen LogP contribution in [-0.4, -0.2) is 55.2 Å². The summed E-state index contributed by atoms with van der Waals surface area (Å²) in [6, 6.07) is 17.1. The van der Waals surface area contributed by atoms with Crippen molar-refractivity contribution in [1.29, 1.82) is 0 Å². The first-order valence-electron chi connectivity index (χ1n) is 9.00. The highest BCUT2D eigenvalue weighted by Gasteiger charge is 2.23. The normalized spacial score (nSPS) is 13.9. The van der Waals surface area contributed by atoms with Gasteiger partial charge >= 0.3 is 12.0 Å². The molecule has 0 unspecified atom stereocenters. The second kappa shape index (κ2) is 9.19. The van der Waals surface area contributed by atoms with Crippen LogP contribution in [0.2, 0.25) is 0 Å². The monoisotopic (exact) mass is 368 g/mol. The zero-order valence-corrected chi connectivity index (χ0v) is 15.5. The molecule has 2 aromatic carbocycles. The molecule has 6 heteroatoms. The van der Waals surface area contributed by atoms with Crippen LogP contribution in [0.5, 0.6) is 0 Å². The van der Waals surface area contributed by atoms with Crippen LogP contribution in [0.25, 0.3) is 0 Å². The van der Waals surface area contributed by atoms with Crippen molar-refractivity contribution in [1.82, 2.24) is 9.80 Å². The van der Waals surface area contributed by atoms with Gasteiger partial charge in [-0.05, 0) is 23.3 Å². The summed E-state index contributed by atoms with van der Waals surface area (Å²) in [5, 5.41) is 0. The van der Waals surface area contributed by atoms with Gasteiger partial charge in [0.05, 0.1) is 25.9 Å². The molecular formula is C21H24N2O4. The highest BCUT2D eigenvalue weighted by molar-refractivity contribution is 5.89. The van der Waals surface area contributed by atoms with Gasteiger partial charge in [0.1, 0.15) is 0 Å². The van der Waals surface area contributed by atoms with Gasteiger partial charge in [-0.3, -0.25) is 0 Å². The standard InChI is InChI=1S/C21H24N2O4/c1-26-20(24)19-9-7-18(8-10-19)16-23(15-17-5-3-2-4-6-17)21(25)22-11-13-27-14-12-22/h2-10H,11-16H2,1H3. The van der Waals surface area contributed by atoms with Crippen LogP contribution in [0.15, 0.2) is 54.6 Å². The van der Waals surface area contributed by atoms with E-state index in [1.165, 1.54) is 7.11 Å². The number of morpholine rings is 1. The molecule has 142 valence electrons. The molecule has 0 atom stereocenters. The fourth-order valence-corrected chi connectivity index (χ4v) is 3.03. The zero-order chi connectivity index (χ0) is 19.1. The van der Waals surface area contributed by atoms with Gasteiger partial charge in [0.25, 0.3) is 0 Å². The van der Waals surface area contributed by atoms with E-state index in [4.69, 9.17) is 9.47 Å². The lowest BCUT2D eigenvalue weighted by atomic mass is 10.1. The molecule has 0 saturated carbocycles. The Bertz CT molecular complexity index is 756. The molecule has 2 amide bonds. The molecule has 0 radical (unpaired) electrons. The number of methoxy groups -OCH3 is 1. The van der Waals surface area contributed by atoms with E-state index in [0.29, 0.717) is 45.0 Å². The van der Waals surface area contributed by atoms with Gasteiger partial charge < -0.3 is 19.3 Å².